The molecule has 0 atom stereocenters. The summed E-state index contributed by atoms with van der Waals surface area (Å²) >= 11 is 0. The van der Waals surface area contributed by atoms with E-state index in [-0.39, 0.29) is 5.75 Å². The summed E-state index contributed by atoms with van der Waals surface area (Å²) in [4.78, 5) is 4.43. The monoisotopic (exact) mass is 249 g/mol. The fraction of sp³-hybridized carbons (Fsp3) is 0.118. The highest BCUT2D eigenvalue weighted by Gasteiger charge is 2.08. The summed E-state index contributed by atoms with van der Waals surface area (Å²) in [5.74, 6) is 0.232. The van der Waals surface area contributed by atoms with Crippen molar-refractivity contribution >= 4 is 10.9 Å². The zero-order chi connectivity index (χ0) is 13.4. The van der Waals surface area contributed by atoms with Gasteiger partial charge in [0, 0.05) is 11.1 Å². The van der Waals surface area contributed by atoms with Crippen molar-refractivity contribution in [1.82, 2.24) is 4.98 Å². The summed E-state index contributed by atoms with van der Waals surface area (Å²) < 4.78 is 0. The van der Waals surface area contributed by atoms with Crippen LogP contribution in [-0.4, -0.2) is 10.1 Å². The molecule has 0 bridgehead atoms. The lowest BCUT2D eigenvalue weighted by atomic mass is 9.98. The number of phenols is 1. The van der Waals surface area contributed by atoms with Gasteiger partial charge in [-0.25, -0.2) is 4.98 Å². The van der Waals surface area contributed by atoms with Gasteiger partial charge in [0.1, 0.15) is 11.3 Å². The van der Waals surface area contributed by atoms with Crippen LogP contribution in [0.1, 0.15) is 11.3 Å². The highest BCUT2D eigenvalue weighted by Crippen LogP contribution is 2.33. The number of hydrogen-bond acceptors (Lipinski definition) is 2. The Morgan fingerprint density at radius 1 is 0.947 bits per heavy atom. The Kier molecular flexibility index (Phi) is 2.71. The van der Waals surface area contributed by atoms with Gasteiger partial charge in [0.2, 0.25) is 0 Å². The molecular formula is C17H15NO. The molecule has 0 fully saturated rings. The van der Waals surface area contributed by atoms with E-state index in [1.807, 2.05) is 31.2 Å². The van der Waals surface area contributed by atoms with Crippen molar-refractivity contribution in [2.75, 3.05) is 0 Å². The van der Waals surface area contributed by atoms with Gasteiger partial charge < -0.3 is 5.11 Å². The molecule has 2 nitrogen and oxygen atoms in total. The molecule has 1 aromatic heterocycles. The first kappa shape index (κ1) is 11.7. The molecule has 1 heterocycles. The van der Waals surface area contributed by atoms with Crippen molar-refractivity contribution in [3.8, 4) is 16.9 Å². The summed E-state index contributed by atoms with van der Waals surface area (Å²) in [6.07, 6.45) is 0. The predicted molar refractivity (Wildman–Crippen MR) is 78.3 cm³/mol. The first-order valence-corrected chi connectivity index (χ1v) is 6.31. The van der Waals surface area contributed by atoms with Crippen molar-refractivity contribution in [2.24, 2.45) is 0 Å². The van der Waals surface area contributed by atoms with Crippen molar-refractivity contribution in [2.45, 2.75) is 13.8 Å². The first-order chi connectivity index (χ1) is 9.15. The number of rotatable bonds is 1. The van der Waals surface area contributed by atoms with E-state index in [0.717, 1.165) is 22.2 Å². The zero-order valence-electron chi connectivity index (χ0n) is 11.0. The molecule has 0 saturated heterocycles. The highest BCUT2D eigenvalue weighted by atomic mass is 16.3. The summed E-state index contributed by atoms with van der Waals surface area (Å²) in [5.41, 5.74) is 5.04. The Morgan fingerprint density at radius 3 is 2.58 bits per heavy atom. The highest BCUT2D eigenvalue weighted by molar-refractivity contribution is 5.97. The van der Waals surface area contributed by atoms with Gasteiger partial charge in [-0.2, -0.15) is 0 Å². The van der Waals surface area contributed by atoms with E-state index in [9.17, 15) is 5.11 Å². The lowest BCUT2D eigenvalue weighted by molar-refractivity contribution is 0.480. The zero-order valence-corrected chi connectivity index (χ0v) is 11.0. The van der Waals surface area contributed by atoms with Gasteiger partial charge in [-0.15, -0.1) is 0 Å². The fourth-order valence-electron chi connectivity index (χ4n) is 2.36. The van der Waals surface area contributed by atoms with Crippen LogP contribution in [0.5, 0.6) is 5.75 Å². The lowest BCUT2D eigenvalue weighted by Crippen LogP contribution is -1.87. The van der Waals surface area contributed by atoms with E-state index in [0.29, 0.717) is 5.52 Å². The molecule has 3 rings (SSSR count). The molecule has 2 aromatic carbocycles. The summed E-state index contributed by atoms with van der Waals surface area (Å²) in [6.45, 7) is 4.01. The van der Waals surface area contributed by atoms with Crippen molar-refractivity contribution in [3.05, 3.63) is 59.8 Å². The molecule has 3 aromatic rings. The van der Waals surface area contributed by atoms with Crippen LogP contribution < -0.4 is 0 Å². The van der Waals surface area contributed by atoms with E-state index >= 15 is 0 Å². The number of fused-ring (bicyclic) bond motifs is 1. The van der Waals surface area contributed by atoms with Crippen molar-refractivity contribution in [3.63, 3.8) is 0 Å². The summed E-state index contributed by atoms with van der Waals surface area (Å²) in [7, 11) is 0. The van der Waals surface area contributed by atoms with Crippen LogP contribution in [0.3, 0.4) is 0 Å². The van der Waals surface area contributed by atoms with Gasteiger partial charge >= 0.3 is 0 Å². The van der Waals surface area contributed by atoms with Crippen molar-refractivity contribution in [1.29, 1.82) is 0 Å². The minimum Gasteiger partial charge on any atom is -0.506 e. The molecule has 94 valence electrons. The minimum absolute atomic E-state index is 0.232. The van der Waals surface area contributed by atoms with Crippen LogP contribution in [0.4, 0.5) is 0 Å². The van der Waals surface area contributed by atoms with E-state index < -0.39 is 0 Å². The Morgan fingerprint density at radius 2 is 1.79 bits per heavy atom. The van der Waals surface area contributed by atoms with Crippen LogP contribution >= 0.6 is 0 Å². The molecule has 0 amide bonds. The Hall–Kier alpha value is -2.35. The van der Waals surface area contributed by atoms with Gasteiger partial charge in [-0.1, -0.05) is 35.9 Å². The molecule has 0 spiro atoms. The second kappa shape index (κ2) is 4.39. The third kappa shape index (κ3) is 2.06. The van der Waals surface area contributed by atoms with E-state index in [4.69, 9.17) is 0 Å². The predicted octanol–water partition coefficient (Wildman–Crippen LogP) is 4.22. The topological polar surface area (TPSA) is 33.1 Å². The number of phenolic OH excluding ortho intramolecular Hbond substituents is 1. The fourth-order valence-corrected chi connectivity index (χ4v) is 2.36. The molecular weight excluding hydrogens is 234 g/mol. The number of benzene rings is 2. The smallest absolute Gasteiger partial charge is 0.141 e. The molecule has 1 N–H and O–H groups in total. The maximum absolute atomic E-state index is 9.96. The van der Waals surface area contributed by atoms with E-state index in [1.54, 1.807) is 6.07 Å². The minimum atomic E-state index is 0.232. The number of pyridine rings is 1. The van der Waals surface area contributed by atoms with Crippen LogP contribution in [0.2, 0.25) is 0 Å². The number of nitrogens with zero attached hydrogens (tertiary/aromatic N) is 1. The molecule has 0 saturated carbocycles. The second-order valence-electron chi connectivity index (χ2n) is 4.85. The average Bonchev–Trinajstić information content (AvgIpc) is 2.40. The molecule has 0 aliphatic carbocycles. The van der Waals surface area contributed by atoms with Gasteiger partial charge in [0.15, 0.2) is 0 Å². The number of hydrogen-bond donors (Lipinski definition) is 1. The average molecular weight is 249 g/mol. The van der Waals surface area contributed by atoms with E-state index in [1.165, 1.54) is 5.56 Å². The third-order valence-electron chi connectivity index (χ3n) is 3.30. The molecule has 0 radical (unpaired) electrons. The van der Waals surface area contributed by atoms with Crippen molar-refractivity contribution < 1.29 is 5.11 Å². The standard InChI is InChI=1S/C17H15NO/c1-11-4-3-5-13(10-11)14-8-9-16(19)17-15(14)7-6-12(2)18-17/h3-10,19H,1-2H3. The first-order valence-electron chi connectivity index (χ1n) is 6.31. The summed E-state index contributed by atoms with van der Waals surface area (Å²) in [5, 5.41) is 10.9. The molecule has 0 unspecified atom stereocenters. The Balaban J connectivity index is 2.33. The van der Waals surface area contributed by atoms with Gasteiger partial charge in [-0.3, -0.25) is 0 Å². The maximum Gasteiger partial charge on any atom is 0.141 e. The largest absolute Gasteiger partial charge is 0.506 e. The van der Waals surface area contributed by atoms with Gasteiger partial charge in [0.25, 0.3) is 0 Å². The third-order valence-corrected chi connectivity index (χ3v) is 3.30. The van der Waals surface area contributed by atoms with Gasteiger partial charge in [-0.05, 0) is 43.2 Å². The van der Waals surface area contributed by atoms with Crippen LogP contribution in [-0.2, 0) is 0 Å². The quantitative estimate of drug-likeness (QED) is 0.700. The number of aryl methyl sites for hydroxylation is 2. The number of aromatic hydroxyl groups is 1. The second-order valence-corrected chi connectivity index (χ2v) is 4.85. The van der Waals surface area contributed by atoms with Crippen LogP contribution in [0, 0.1) is 13.8 Å². The molecule has 0 aliphatic heterocycles. The normalized spacial score (nSPS) is 10.8. The molecule has 2 heteroatoms. The van der Waals surface area contributed by atoms with E-state index in [2.05, 4.69) is 30.1 Å². The van der Waals surface area contributed by atoms with Gasteiger partial charge in [0.05, 0.1) is 0 Å². The Bertz CT molecular complexity index is 762. The summed E-state index contributed by atoms with van der Waals surface area (Å²) in [6, 6.07) is 16.0. The van der Waals surface area contributed by atoms with Crippen LogP contribution in [0.25, 0.3) is 22.0 Å². The maximum atomic E-state index is 9.96. The molecule has 19 heavy (non-hydrogen) atoms. The molecule has 0 aliphatic rings. The van der Waals surface area contributed by atoms with Crippen LogP contribution in [0.15, 0.2) is 48.5 Å². The Labute approximate surface area is 112 Å². The SMILES string of the molecule is Cc1cccc(-c2ccc(O)c3nc(C)ccc23)c1. The number of aromatic nitrogens is 1. The lowest BCUT2D eigenvalue weighted by Gasteiger charge is -2.09.